The summed E-state index contributed by atoms with van der Waals surface area (Å²) in [5.41, 5.74) is 10.2. The number of nitriles is 1. The van der Waals surface area contributed by atoms with Crippen molar-refractivity contribution in [2.24, 2.45) is 11.8 Å². The van der Waals surface area contributed by atoms with Crippen molar-refractivity contribution in [2.75, 3.05) is 11.1 Å². The van der Waals surface area contributed by atoms with E-state index in [1.54, 1.807) is 12.3 Å². The first-order valence-electron chi connectivity index (χ1n) is 8.98. The van der Waals surface area contributed by atoms with E-state index >= 15 is 0 Å². The summed E-state index contributed by atoms with van der Waals surface area (Å²) in [6, 6.07) is 13.6. The SMILES string of the molecule is Cc1cccc(C#N)c1-c1cc(N)c2cnc(NC(=O)[C@H]3C[C@@H]3C)cc2c1. The van der Waals surface area contributed by atoms with Crippen LogP contribution < -0.4 is 11.1 Å². The lowest BCUT2D eigenvalue weighted by atomic mass is 9.93. The standard InChI is InChI=1S/C22H20N4O/c1-12-4-3-5-14(10-23)21(12)16-7-15-9-20(25-11-18(15)19(24)8-16)26-22(27)17-6-13(17)2/h3-5,7-9,11,13,17H,6,24H2,1-2H3,(H,25,26,27)/t13-,17-/m0/s1. The van der Waals surface area contributed by atoms with Crippen molar-refractivity contribution in [1.29, 1.82) is 5.26 Å². The molecule has 0 spiro atoms. The van der Waals surface area contributed by atoms with Gasteiger partial charge in [-0.1, -0.05) is 19.1 Å². The van der Waals surface area contributed by atoms with Crippen LogP contribution in [0.4, 0.5) is 11.5 Å². The third kappa shape index (κ3) is 3.11. The maximum Gasteiger partial charge on any atom is 0.228 e. The summed E-state index contributed by atoms with van der Waals surface area (Å²) in [6.07, 6.45) is 2.62. The Bertz CT molecular complexity index is 1110. The van der Waals surface area contributed by atoms with Crippen molar-refractivity contribution >= 4 is 28.2 Å². The van der Waals surface area contributed by atoms with E-state index in [0.29, 0.717) is 23.0 Å². The summed E-state index contributed by atoms with van der Waals surface area (Å²) in [4.78, 5) is 16.5. The van der Waals surface area contributed by atoms with E-state index in [2.05, 4.69) is 23.3 Å². The summed E-state index contributed by atoms with van der Waals surface area (Å²) in [7, 11) is 0. The molecule has 2 atom stereocenters. The van der Waals surface area contributed by atoms with Crippen LogP contribution in [0.15, 0.2) is 42.6 Å². The molecule has 1 aliphatic carbocycles. The van der Waals surface area contributed by atoms with Gasteiger partial charge in [0, 0.05) is 28.8 Å². The maximum atomic E-state index is 12.2. The minimum Gasteiger partial charge on any atom is -0.398 e. The zero-order chi connectivity index (χ0) is 19.1. The minimum atomic E-state index is 0.0177. The van der Waals surface area contributed by atoms with Crippen molar-refractivity contribution < 1.29 is 4.79 Å². The number of aromatic nitrogens is 1. The third-order valence-electron chi connectivity index (χ3n) is 5.25. The maximum absolute atomic E-state index is 12.2. The van der Waals surface area contributed by atoms with E-state index in [-0.39, 0.29) is 11.8 Å². The largest absolute Gasteiger partial charge is 0.398 e. The molecule has 4 rings (SSSR count). The molecular formula is C22H20N4O. The number of rotatable bonds is 3. The number of nitrogen functional groups attached to an aromatic ring is 1. The van der Waals surface area contributed by atoms with Crippen LogP contribution in [0.25, 0.3) is 21.9 Å². The van der Waals surface area contributed by atoms with E-state index in [4.69, 9.17) is 5.73 Å². The Morgan fingerprint density at radius 2 is 2.11 bits per heavy atom. The number of fused-ring (bicyclic) bond motifs is 1. The van der Waals surface area contributed by atoms with Crippen LogP contribution in [0.2, 0.25) is 0 Å². The first-order chi connectivity index (χ1) is 13.0. The van der Waals surface area contributed by atoms with Crippen LogP contribution in [-0.2, 0) is 4.79 Å². The van der Waals surface area contributed by atoms with Gasteiger partial charge in [-0.3, -0.25) is 4.79 Å². The van der Waals surface area contributed by atoms with Gasteiger partial charge in [-0.15, -0.1) is 0 Å². The molecule has 1 aromatic heterocycles. The van der Waals surface area contributed by atoms with Crippen LogP contribution in [0.1, 0.15) is 24.5 Å². The summed E-state index contributed by atoms with van der Waals surface area (Å²) < 4.78 is 0. The first kappa shape index (κ1) is 17.0. The monoisotopic (exact) mass is 356 g/mol. The van der Waals surface area contributed by atoms with Gasteiger partial charge in [0.15, 0.2) is 0 Å². The molecule has 134 valence electrons. The molecule has 2 aromatic carbocycles. The first-order valence-corrected chi connectivity index (χ1v) is 8.98. The third-order valence-corrected chi connectivity index (χ3v) is 5.25. The normalized spacial score (nSPS) is 18.1. The molecule has 0 radical (unpaired) electrons. The number of nitrogens with two attached hydrogens (primary N) is 1. The summed E-state index contributed by atoms with van der Waals surface area (Å²) in [6.45, 7) is 4.05. The Hall–Kier alpha value is -3.39. The molecule has 3 N–H and O–H groups in total. The van der Waals surface area contributed by atoms with Gasteiger partial charge >= 0.3 is 0 Å². The molecule has 0 saturated heterocycles. The topological polar surface area (TPSA) is 91.8 Å². The zero-order valence-electron chi connectivity index (χ0n) is 15.3. The second kappa shape index (κ2) is 6.40. The van der Waals surface area contributed by atoms with Gasteiger partial charge in [-0.05, 0) is 60.0 Å². The molecule has 5 heteroatoms. The lowest BCUT2D eigenvalue weighted by Gasteiger charge is -2.12. The van der Waals surface area contributed by atoms with E-state index in [1.165, 1.54) is 0 Å². The van der Waals surface area contributed by atoms with Crippen molar-refractivity contribution in [1.82, 2.24) is 4.98 Å². The average Bonchev–Trinajstić information content (AvgIpc) is 3.38. The lowest BCUT2D eigenvalue weighted by molar-refractivity contribution is -0.117. The molecule has 27 heavy (non-hydrogen) atoms. The van der Waals surface area contributed by atoms with Crippen LogP contribution in [0.3, 0.4) is 0 Å². The van der Waals surface area contributed by atoms with Crippen LogP contribution >= 0.6 is 0 Å². The number of nitrogens with zero attached hydrogens (tertiary/aromatic N) is 2. The molecule has 1 heterocycles. The Morgan fingerprint density at radius 3 is 2.81 bits per heavy atom. The van der Waals surface area contributed by atoms with Crippen molar-refractivity contribution in [3.05, 3.63) is 53.7 Å². The summed E-state index contributed by atoms with van der Waals surface area (Å²) in [5, 5.41) is 14.1. The van der Waals surface area contributed by atoms with E-state index in [9.17, 15) is 10.1 Å². The fourth-order valence-corrected chi connectivity index (χ4v) is 3.55. The fraction of sp³-hybridized carbons (Fsp3) is 0.227. The van der Waals surface area contributed by atoms with Crippen LogP contribution in [0, 0.1) is 30.1 Å². The predicted molar refractivity (Wildman–Crippen MR) is 107 cm³/mol. The Labute approximate surface area is 157 Å². The minimum absolute atomic E-state index is 0.0177. The number of nitrogens with one attached hydrogen (secondary N) is 1. The molecule has 3 aromatic rings. The highest BCUT2D eigenvalue weighted by molar-refractivity contribution is 6.00. The highest BCUT2D eigenvalue weighted by Crippen LogP contribution is 2.39. The van der Waals surface area contributed by atoms with Crippen molar-refractivity contribution in [3.63, 3.8) is 0 Å². The summed E-state index contributed by atoms with van der Waals surface area (Å²) in [5.74, 6) is 1.07. The molecule has 1 aliphatic rings. The van der Waals surface area contributed by atoms with Gasteiger partial charge in [-0.25, -0.2) is 4.98 Å². The number of carbonyl (C=O) groups is 1. The van der Waals surface area contributed by atoms with E-state index < -0.39 is 0 Å². The van der Waals surface area contributed by atoms with Crippen LogP contribution in [-0.4, -0.2) is 10.9 Å². The average molecular weight is 356 g/mol. The Kier molecular flexibility index (Phi) is 4.04. The molecule has 1 amide bonds. The number of amides is 1. The number of hydrogen-bond donors (Lipinski definition) is 2. The van der Waals surface area contributed by atoms with Gasteiger partial charge in [0.25, 0.3) is 0 Å². The molecule has 1 fully saturated rings. The number of anilines is 2. The number of pyridine rings is 1. The smallest absolute Gasteiger partial charge is 0.228 e. The molecule has 0 unspecified atom stereocenters. The zero-order valence-corrected chi connectivity index (χ0v) is 15.3. The lowest BCUT2D eigenvalue weighted by Crippen LogP contribution is -2.15. The number of benzene rings is 2. The molecular weight excluding hydrogens is 336 g/mol. The number of hydrogen-bond acceptors (Lipinski definition) is 4. The van der Waals surface area contributed by atoms with Crippen molar-refractivity contribution in [2.45, 2.75) is 20.3 Å². The molecule has 1 saturated carbocycles. The van der Waals surface area contributed by atoms with Gasteiger partial charge in [0.2, 0.25) is 5.91 Å². The Balaban J connectivity index is 1.78. The quantitative estimate of drug-likeness (QED) is 0.686. The van der Waals surface area contributed by atoms with Gasteiger partial charge in [0.1, 0.15) is 5.82 Å². The second-order valence-electron chi connectivity index (χ2n) is 7.27. The van der Waals surface area contributed by atoms with Gasteiger partial charge in [0.05, 0.1) is 11.6 Å². The number of aryl methyl sites for hydroxylation is 1. The van der Waals surface area contributed by atoms with Crippen LogP contribution in [0.5, 0.6) is 0 Å². The number of carbonyl (C=O) groups excluding carboxylic acids is 1. The van der Waals surface area contributed by atoms with Gasteiger partial charge < -0.3 is 11.1 Å². The van der Waals surface area contributed by atoms with Gasteiger partial charge in [-0.2, -0.15) is 5.26 Å². The molecule has 0 bridgehead atoms. The summed E-state index contributed by atoms with van der Waals surface area (Å²) >= 11 is 0. The van der Waals surface area contributed by atoms with E-state index in [0.717, 1.165) is 33.9 Å². The van der Waals surface area contributed by atoms with Crippen molar-refractivity contribution in [3.8, 4) is 17.2 Å². The fourth-order valence-electron chi connectivity index (χ4n) is 3.55. The molecule has 5 nitrogen and oxygen atoms in total. The Morgan fingerprint density at radius 1 is 1.33 bits per heavy atom. The predicted octanol–water partition coefficient (Wildman–Crippen LogP) is 4.26. The highest BCUT2D eigenvalue weighted by atomic mass is 16.2. The molecule has 0 aliphatic heterocycles. The van der Waals surface area contributed by atoms with E-state index in [1.807, 2.05) is 37.3 Å². The highest BCUT2D eigenvalue weighted by Gasteiger charge is 2.39. The second-order valence-corrected chi connectivity index (χ2v) is 7.27.